The highest BCUT2D eigenvalue weighted by Crippen LogP contribution is 2.36. The molecule has 8 aromatic rings. The third-order valence-electron chi connectivity index (χ3n) is 19.5. The van der Waals surface area contributed by atoms with E-state index in [1.165, 1.54) is 66.8 Å². The molecule has 512 valence electrons. The maximum atomic E-state index is 15.7. The number of aromatic nitrogens is 8. The second kappa shape index (κ2) is 25.2. The minimum absolute atomic E-state index is 0.0620. The Labute approximate surface area is 573 Å². The molecule has 5 aliphatic heterocycles. The highest BCUT2D eigenvalue weighted by molar-refractivity contribution is 6.23. The molecule has 0 spiro atoms. The number of benzene rings is 4. The zero-order valence-corrected chi connectivity index (χ0v) is 57.0. The van der Waals surface area contributed by atoms with Gasteiger partial charge in [-0.3, -0.25) is 77.1 Å². The van der Waals surface area contributed by atoms with E-state index in [2.05, 4.69) is 21.3 Å². The molecule has 100 heavy (non-hydrogen) atoms. The molecule has 0 unspecified atom stereocenters. The van der Waals surface area contributed by atoms with Gasteiger partial charge in [-0.25, -0.2) is 19.9 Å². The molecule has 9 heterocycles. The molecule has 13 rings (SSSR count). The van der Waals surface area contributed by atoms with Gasteiger partial charge in [0.15, 0.2) is 22.8 Å². The van der Waals surface area contributed by atoms with Crippen LogP contribution in [-0.2, 0) is 54.4 Å². The van der Waals surface area contributed by atoms with Crippen LogP contribution < -0.4 is 21.3 Å². The van der Waals surface area contributed by atoms with Gasteiger partial charge < -0.3 is 39.5 Å². The molecule has 0 radical (unpaired) electrons. The molecule has 8 bridgehead atoms. The monoisotopic (exact) mass is 1350 g/mol. The van der Waals surface area contributed by atoms with Crippen LogP contribution in [0.25, 0.3) is 0 Å². The first-order valence-electron chi connectivity index (χ1n) is 32.9. The third-order valence-corrected chi connectivity index (χ3v) is 19.5. The summed E-state index contributed by atoms with van der Waals surface area (Å²) < 4.78 is 6.07. The molecule has 0 saturated carbocycles. The first-order valence-corrected chi connectivity index (χ1v) is 32.9. The minimum Gasteiger partial charge on any atom is -0.340 e. The Kier molecular flexibility index (Phi) is 16.8. The molecule has 0 saturated heterocycles. The van der Waals surface area contributed by atoms with Crippen LogP contribution in [-0.4, -0.2) is 129 Å². The number of hydrogen-bond acceptors (Lipinski definition) is 16. The van der Waals surface area contributed by atoms with Gasteiger partial charge in [0.25, 0.3) is 70.9 Å². The first-order chi connectivity index (χ1) is 47.6. The van der Waals surface area contributed by atoms with Crippen LogP contribution in [0.3, 0.4) is 0 Å². The lowest BCUT2D eigenvalue weighted by atomic mass is 10.0. The van der Waals surface area contributed by atoms with Crippen LogP contribution in [0.5, 0.6) is 0 Å². The van der Waals surface area contributed by atoms with Crippen molar-refractivity contribution in [1.82, 2.24) is 79.1 Å². The molecule has 4 atom stereocenters. The lowest BCUT2D eigenvalue weighted by molar-refractivity contribution is 0.0622. The predicted octanol–water partition coefficient (Wildman–Crippen LogP) is 6.63. The van der Waals surface area contributed by atoms with E-state index < -0.39 is 145 Å². The number of rotatable bonds is 12. The zero-order valence-electron chi connectivity index (χ0n) is 57.0. The Morgan fingerprint density at radius 3 is 0.570 bits per heavy atom. The average Bonchev–Trinajstić information content (AvgIpc) is 1.62. The van der Waals surface area contributed by atoms with Crippen molar-refractivity contribution < 1.29 is 57.5 Å². The molecule has 4 aromatic heterocycles. The summed E-state index contributed by atoms with van der Waals surface area (Å²) in [7, 11) is 6.27. The van der Waals surface area contributed by atoms with Gasteiger partial charge in [-0.15, -0.1) is 0 Å². The number of amides is 12. The molecule has 5 aliphatic rings. The van der Waals surface area contributed by atoms with Gasteiger partial charge in [0.1, 0.15) is 23.3 Å². The number of imidazole rings is 4. The van der Waals surface area contributed by atoms with Crippen molar-refractivity contribution in [3.63, 3.8) is 0 Å². The Balaban J connectivity index is 0.996. The fourth-order valence-corrected chi connectivity index (χ4v) is 13.9. The van der Waals surface area contributed by atoms with Crippen molar-refractivity contribution in [3.05, 3.63) is 210 Å². The van der Waals surface area contributed by atoms with Crippen LogP contribution in [0.1, 0.15) is 250 Å². The predicted molar refractivity (Wildman–Crippen MR) is 356 cm³/mol. The van der Waals surface area contributed by atoms with Crippen molar-refractivity contribution in [2.24, 2.45) is 51.9 Å². The number of carbonyl (C=O) groups is 12. The molecule has 28 heteroatoms. The second-order valence-corrected chi connectivity index (χ2v) is 27.0. The van der Waals surface area contributed by atoms with E-state index in [1.807, 2.05) is 0 Å². The lowest BCUT2D eigenvalue weighted by Gasteiger charge is -2.23. The lowest BCUT2D eigenvalue weighted by Crippen LogP contribution is -2.36. The first kappa shape index (κ1) is 66.8. The second-order valence-electron chi connectivity index (χ2n) is 27.0. The molecule has 0 aliphatic carbocycles. The molecule has 12 amide bonds. The van der Waals surface area contributed by atoms with Gasteiger partial charge in [-0.1, -0.05) is 104 Å². The molecule has 4 N–H and O–H groups in total. The van der Waals surface area contributed by atoms with Gasteiger partial charge >= 0.3 is 0 Å². The van der Waals surface area contributed by atoms with Crippen molar-refractivity contribution in [1.29, 1.82) is 0 Å². The fourth-order valence-electron chi connectivity index (χ4n) is 13.9. The molecular weight excluding hydrogens is 1280 g/mol. The van der Waals surface area contributed by atoms with Crippen LogP contribution in [0, 0.1) is 23.7 Å². The Hall–Kier alpha value is -11.8. The van der Waals surface area contributed by atoms with E-state index in [4.69, 9.17) is 19.9 Å². The Bertz CT molecular complexity index is 4180. The number of hydrogen-bond donors (Lipinski definition) is 4. The van der Waals surface area contributed by atoms with E-state index in [9.17, 15) is 38.4 Å². The van der Waals surface area contributed by atoms with Gasteiger partial charge in [0, 0.05) is 28.2 Å². The normalized spacial score (nSPS) is 18.8. The van der Waals surface area contributed by atoms with Crippen LogP contribution >= 0.6 is 0 Å². The largest absolute Gasteiger partial charge is 0.340 e. The van der Waals surface area contributed by atoms with Crippen molar-refractivity contribution >= 4 is 70.9 Å². The molecular formula is C72H72N16O12. The molecule has 0 fully saturated rings. The van der Waals surface area contributed by atoms with Gasteiger partial charge in [0.2, 0.25) is 0 Å². The molecule has 28 nitrogen and oxygen atoms in total. The summed E-state index contributed by atoms with van der Waals surface area (Å²) in [5.41, 5.74) is 0.278. The SMILES string of the molecule is CC(C)[C@@H]1NC(=O)c2nc(n(C)c2CN2C(=O)c3ccccc3C2=O)[C@H](C(C)C)NC(=O)c2nc(n(C)c2CN2C(=O)c3ccccc3C2=O)[C@H](C(C)C)NC(=O)c2nc(n(C)c2CN2C(=O)c3ccccc3C2=O)[C@H](C(C)C)NC(=O)c2nc1n(C)c2CN1C(=O)c2ccccc2C1=O. The van der Waals surface area contributed by atoms with E-state index >= 15 is 19.2 Å². The van der Waals surface area contributed by atoms with E-state index in [0.29, 0.717) is 0 Å². The summed E-state index contributed by atoms with van der Waals surface area (Å²) in [5, 5.41) is 12.3. The Morgan fingerprint density at radius 2 is 0.430 bits per heavy atom. The summed E-state index contributed by atoms with van der Waals surface area (Å²) in [4.78, 5) is 201. The van der Waals surface area contributed by atoms with Crippen LogP contribution in [0.2, 0.25) is 0 Å². The maximum absolute atomic E-state index is 15.7. The van der Waals surface area contributed by atoms with Gasteiger partial charge in [-0.2, -0.15) is 0 Å². The smallest absolute Gasteiger partial charge is 0.272 e. The number of nitrogens with zero attached hydrogens (tertiary/aromatic N) is 12. The quantitative estimate of drug-likeness (QED) is 0.0933. The minimum atomic E-state index is -1.13. The van der Waals surface area contributed by atoms with E-state index in [0.717, 1.165) is 19.6 Å². The topological polar surface area (TPSA) is 337 Å². The van der Waals surface area contributed by atoms with Crippen LogP contribution in [0.4, 0.5) is 0 Å². The summed E-state index contributed by atoms with van der Waals surface area (Å²) in [6.07, 6.45) is 0. The number of nitrogens with one attached hydrogen (secondary N) is 4. The number of imide groups is 4. The van der Waals surface area contributed by atoms with Crippen molar-refractivity contribution in [2.45, 2.75) is 106 Å². The van der Waals surface area contributed by atoms with Crippen molar-refractivity contribution in [3.8, 4) is 0 Å². The summed E-state index contributed by atoms with van der Waals surface area (Å²) in [6, 6.07) is 20.6. The molecule has 4 aromatic carbocycles. The standard InChI is InChI=1S/C72H72N16O12/c1-33(2)49-57-73-54(45(81(57)9)29-85-65(93)37-21-13-14-22-38(37)66(85)94)62(90)78-51(35(5)6)59-75-56(47(83(59)11)31-87-69(97)41-25-17-18-26-42(41)70(87)98)64(92)80-52(36(7)8)60-76-55(48(84(60)12)32-88-71(99)43-27-19-20-28-44(43)72(88)100)63(91)79-50(34(3)4)58-74-53(61(89)77-49)46(82(58)10)30-86-67(95)39-23-15-16-24-40(39)68(86)96/h13-28,33-36,49-52H,29-32H2,1-12H3,(H,77,89)(H,78,90)(H,79,91)(H,80,92)/t49-,50-,51-,52-/m0/s1. The summed E-state index contributed by atoms with van der Waals surface area (Å²) in [6.45, 7) is 12.3. The van der Waals surface area contributed by atoms with Crippen LogP contribution in [0.15, 0.2) is 97.1 Å². The number of fused-ring (bicyclic) bond motifs is 12. The fraction of sp³-hybridized carbons (Fsp3) is 0.333. The third kappa shape index (κ3) is 10.8. The van der Waals surface area contributed by atoms with Gasteiger partial charge in [0.05, 0.1) is 118 Å². The highest BCUT2D eigenvalue weighted by Gasteiger charge is 2.45. The summed E-state index contributed by atoms with van der Waals surface area (Å²) >= 11 is 0. The van der Waals surface area contributed by atoms with E-state index in [-0.39, 0.29) is 113 Å². The van der Waals surface area contributed by atoms with E-state index in [1.54, 1.807) is 132 Å². The number of carbonyl (C=O) groups excluding carboxylic acids is 12. The van der Waals surface area contributed by atoms with Crippen molar-refractivity contribution in [2.75, 3.05) is 0 Å². The maximum Gasteiger partial charge on any atom is 0.272 e. The summed E-state index contributed by atoms with van der Waals surface area (Å²) in [5.74, 6) is -10.4. The average molecular weight is 1350 g/mol. The van der Waals surface area contributed by atoms with Gasteiger partial charge in [-0.05, 0) is 72.2 Å². The Morgan fingerprint density at radius 1 is 0.280 bits per heavy atom. The highest BCUT2D eigenvalue weighted by atomic mass is 16.2. The zero-order chi connectivity index (χ0) is 71.5.